The lowest BCUT2D eigenvalue weighted by Gasteiger charge is -2.34. The zero-order valence-electron chi connectivity index (χ0n) is 33.2. The second kappa shape index (κ2) is 14.5. The highest BCUT2D eigenvalue weighted by Crippen LogP contribution is 2.67. The lowest BCUT2D eigenvalue weighted by Crippen LogP contribution is -2.26. The summed E-state index contributed by atoms with van der Waals surface area (Å²) in [5.41, 5.74) is 16.9. The standard InChI is InChI=1S/C57H46N2/c1-2-18-53-49-28-12-11-27-48(49)50-29-13-15-31-54(50)57(53)37-43(57)39-58(44-23-7-4-8-24-44)45-33-34-52-51-30-14-16-32-55(51)59(56(52)36-45)38-40-19-17-22-42(35-40)47-26-10-9-25-46(47)41-20-5-3-6-21-41/h2-18,20-36,40,43H,1,19,37-39H2/b53-18-. The van der Waals surface area contributed by atoms with Crippen LogP contribution in [0.5, 0.6) is 0 Å². The number of aromatic nitrogens is 1. The molecule has 2 heteroatoms. The average Bonchev–Trinajstić information content (AvgIpc) is 3.94. The number of benzene rings is 7. The van der Waals surface area contributed by atoms with Crippen molar-refractivity contribution in [3.05, 3.63) is 230 Å². The molecule has 7 aromatic carbocycles. The maximum atomic E-state index is 4.19. The lowest BCUT2D eigenvalue weighted by atomic mass is 9.71. The monoisotopic (exact) mass is 758 g/mol. The molecule has 59 heavy (non-hydrogen) atoms. The molecule has 1 heterocycles. The van der Waals surface area contributed by atoms with Gasteiger partial charge < -0.3 is 9.47 Å². The first kappa shape index (κ1) is 35.3. The summed E-state index contributed by atoms with van der Waals surface area (Å²) in [5, 5.41) is 2.61. The van der Waals surface area contributed by atoms with Crippen molar-refractivity contribution in [3.63, 3.8) is 0 Å². The molecular formula is C57H46N2. The van der Waals surface area contributed by atoms with E-state index in [0.29, 0.717) is 11.8 Å². The Labute approximate surface area is 347 Å². The Kier molecular flexibility index (Phi) is 8.66. The minimum atomic E-state index is -0.0666. The second-order valence-electron chi connectivity index (χ2n) is 16.5. The van der Waals surface area contributed by atoms with Crippen molar-refractivity contribution in [2.75, 3.05) is 11.4 Å². The molecule has 1 spiro atoms. The van der Waals surface area contributed by atoms with Crippen LogP contribution in [-0.4, -0.2) is 11.1 Å². The number of fused-ring (bicyclic) bond motifs is 7. The topological polar surface area (TPSA) is 8.17 Å². The Morgan fingerprint density at radius 1 is 0.610 bits per heavy atom. The first-order valence-electron chi connectivity index (χ1n) is 21.1. The Morgan fingerprint density at radius 2 is 1.27 bits per heavy atom. The predicted molar refractivity (Wildman–Crippen MR) is 250 cm³/mol. The summed E-state index contributed by atoms with van der Waals surface area (Å²) in [6.45, 7) is 6.00. The summed E-state index contributed by atoms with van der Waals surface area (Å²) in [4.78, 5) is 2.58. The summed E-state index contributed by atoms with van der Waals surface area (Å²) in [6, 6.07) is 64.8. The average molecular weight is 759 g/mol. The van der Waals surface area contributed by atoms with Gasteiger partial charge in [-0.15, -0.1) is 0 Å². The van der Waals surface area contributed by atoms with Gasteiger partial charge in [0.25, 0.3) is 0 Å². The minimum Gasteiger partial charge on any atom is -0.341 e. The van der Waals surface area contributed by atoms with Gasteiger partial charge in [0.05, 0.1) is 5.52 Å². The largest absolute Gasteiger partial charge is 0.341 e. The van der Waals surface area contributed by atoms with Crippen molar-refractivity contribution in [2.45, 2.75) is 24.8 Å². The van der Waals surface area contributed by atoms with Crippen molar-refractivity contribution in [1.82, 2.24) is 4.57 Å². The Morgan fingerprint density at radius 3 is 2.08 bits per heavy atom. The fourth-order valence-electron chi connectivity index (χ4n) is 10.5. The van der Waals surface area contributed by atoms with Gasteiger partial charge in [-0.1, -0.05) is 183 Å². The van der Waals surface area contributed by atoms with Gasteiger partial charge in [0.2, 0.25) is 0 Å². The van der Waals surface area contributed by atoms with Crippen LogP contribution in [-0.2, 0) is 12.0 Å². The molecular weight excluding hydrogens is 713 g/mol. The van der Waals surface area contributed by atoms with Gasteiger partial charge in [0.15, 0.2) is 0 Å². The van der Waals surface area contributed by atoms with Crippen molar-refractivity contribution >= 4 is 44.3 Å². The van der Waals surface area contributed by atoms with E-state index >= 15 is 0 Å². The van der Waals surface area contributed by atoms with Crippen LogP contribution in [0.2, 0.25) is 0 Å². The highest BCUT2D eigenvalue weighted by molar-refractivity contribution is 6.09. The van der Waals surface area contributed by atoms with Gasteiger partial charge in [0, 0.05) is 46.2 Å². The van der Waals surface area contributed by atoms with Crippen LogP contribution in [0.4, 0.5) is 11.4 Å². The maximum absolute atomic E-state index is 4.19. The number of nitrogens with zero attached hydrogens (tertiary/aromatic N) is 2. The van der Waals surface area contributed by atoms with E-state index in [1.165, 1.54) is 83.3 Å². The van der Waals surface area contributed by atoms with E-state index in [0.717, 1.165) is 25.9 Å². The summed E-state index contributed by atoms with van der Waals surface area (Å²) < 4.78 is 2.59. The third kappa shape index (κ3) is 5.93. The third-order valence-electron chi connectivity index (χ3n) is 13.2. The smallest absolute Gasteiger partial charge is 0.0512 e. The SMILES string of the molecule is C=C/C=C1/c2ccccc2-c2ccccc2C12CC2CN(c1ccccc1)c1ccc2c3ccccc3n(CC3C=C(c4ccccc4-c4ccccc4)C=CC3)c2c1. The van der Waals surface area contributed by atoms with E-state index in [1.807, 2.05) is 6.08 Å². The molecule has 1 aromatic heterocycles. The van der Waals surface area contributed by atoms with Crippen molar-refractivity contribution in [2.24, 2.45) is 11.8 Å². The zero-order chi connectivity index (χ0) is 39.3. The Hall–Kier alpha value is -6.90. The van der Waals surface area contributed by atoms with Crippen molar-refractivity contribution in [1.29, 1.82) is 0 Å². The van der Waals surface area contributed by atoms with E-state index in [1.54, 1.807) is 0 Å². The van der Waals surface area contributed by atoms with Crippen LogP contribution in [0.25, 0.3) is 55.2 Å². The van der Waals surface area contributed by atoms with E-state index in [2.05, 4.69) is 216 Å². The number of para-hydroxylation sites is 2. The van der Waals surface area contributed by atoms with Crippen LogP contribution in [0, 0.1) is 11.8 Å². The van der Waals surface area contributed by atoms with Gasteiger partial charge in [-0.3, -0.25) is 0 Å². The van der Waals surface area contributed by atoms with Crippen LogP contribution in [0.1, 0.15) is 29.5 Å². The summed E-state index contributed by atoms with van der Waals surface area (Å²) in [5.74, 6) is 0.767. The molecule has 0 amide bonds. The number of anilines is 2. The Bertz CT molecular complexity index is 2980. The van der Waals surface area contributed by atoms with Crippen molar-refractivity contribution < 1.29 is 0 Å². The summed E-state index contributed by atoms with van der Waals surface area (Å²) in [7, 11) is 0. The molecule has 3 aliphatic carbocycles. The molecule has 1 saturated carbocycles. The van der Waals surface area contributed by atoms with Gasteiger partial charge >= 0.3 is 0 Å². The molecule has 0 N–H and O–H groups in total. The van der Waals surface area contributed by atoms with Crippen molar-refractivity contribution in [3.8, 4) is 22.3 Å². The fourth-order valence-corrected chi connectivity index (χ4v) is 10.5. The number of rotatable bonds is 9. The molecule has 2 nitrogen and oxygen atoms in total. The Balaban J connectivity index is 0.988. The molecule has 0 saturated heterocycles. The minimum absolute atomic E-state index is 0.0666. The summed E-state index contributed by atoms with van der Waals surface area (Å²) >= 11 is 0. The maximum Gasteiger partial charge on any atom is 0.0512 e. The first-order chi connectivity index (χ1) is 29.2. The molecule has 3 unspecified atom stereocenters. The third-order valence-corrected chi connectivity index (χ3v) is 13.2. The fraction of sp³-hybridized carbons (Fsp3) is 0.123. The lowest BCUT2D eigenvalue weighted by molar-refractivity contribution is 0.555. The van der Waals surface area contributed by atoms with Gasteiger partial charge in [0.1, 0.15) is 0 Å². The second-order valence-corrected chi connectivity index (χ2v) is 16.5. The van der Waals surface area contributed by atoms with Crippen LogP contribution >= 0.6 is 0 Å². The van der Waals surface area contributed by atoms with Crippen LogP contribution in [0.3, 0.4) is 0 Å². The molecule has 284 valence electrons. The molecule has 3 aliphatic rings. The zero-order valence-corrected chi connectivity index (χ0v) is 33.2. The summed E-state index contributed by atoms with van der Waals surface area (Å²) in [6.07, 6.45) is 13.6. The van der Waals surface area contributed by atoms with Gasteiger partial charge in [-0.05, 0) is 105 Å². The highest BCUT2D eigenvalue weighted by Gasteiger charge is 2.60. The van der Waals surface area contributed by atoms with Crippen LogP contribution < -0.4 is 4.90 Å². The normalized spacial score (nSPS) is 19.7. The molecule has 11 rings (SSSR count). The van der Waals surface area contributed by atoms with E-state index in [9.17, 15) is 0 Å². The van der Waals surface area contributed by atoms with Gasteiger partial charge in [-0.2, -0.15) is 0 Å². The van der Waals surface area contributed by atoms with E-state index in [4.69, 9.17) is 0 Å². The quantitative estimate of drug-likeness (QED) is 0.142. The molecule has 8 aromatic rings. The molecule has 1 fully saturated rings. The molecule has 3 atom stereocenters. The van der Waals surface area contributed by atoms with E-state index < -0.39 is 0 Å². The molecule has 0 bridgehead atoms. The van der Waals surface area contributed by atoms with Gasteiger partial charge in [-0.25, -0.2) is 0 Å². The number of allylic oxidation sites excluding steroid dienone is 7. The molecule has 0 aliphatic heterocycles. The number of hydrogen-bond donors (Lipinski definition) is 0. The first-order valence-corrected chi connectivity index (χ1v) is 21.1. The van der Waals surface area contributed by atoms with Crippen LogP contribution in [0.15, 0.2) is 213 Å². The molecule has 0 radical (unpaired) electrons. The number of hydrogen-bond acceptors (Lipinski definition) is 1. The van der Waals surface area contributed by atoms with E-state index in [-0.39, 0.29) is 5.41 Å². The highest BCUT2D eigenvalue weighted by atomic mass is 15.1. The predicted octanol–water partition coefficient (Wildman–Crippen LogP) is 14.5.